The van der Waals surface area contributed by atoms with E-state index in [1.54, 1.807) is 17.0 Å². The Balaban J connectivity index is 1.75. The molecule has 2 unspecified atom stereocenters. The van der Waals surface area contributed by atoms with E-state index in [0.29, 0.717) is 18.7 Å². The third kappa shape index (κ3) is 3.74. The van der Waals surface area contributed by atoms with Crippen LogP contribution in [0.15, 0.2) is 48.5 Å². The van der Waals surface area contributed by atoms with E-state index in [0.717, 1.165) is 16.7 Å². The molecule has 0 aromatic heterocycles. The zero-order valence-corrected chi connectivity index (χ0v) is 14.0. The van der Waals surface area contributed by atoms with Gasteiger partial charge in [0, 0.05) is 43.7 Å². The van der Waals surface area contributed by atoms with E-state index >= 15 is 0 Å². The summed E-state index contributed by atoms with van der Waals surface area (Å²) in [6.45, 7) is 0.906. The number of rotatable bonds is 5. The molecule has 0 radical (unpaired) electrons. The van der Waals surface area contributed by atoms with Crippen LogP contribution in [0.25, 0.3) is 11.1 Å². The highest BCUT2D eigenvalue weighted by atomic mass is 16.3. The van der Waals surface area contributed by atoms with Crippen molar-refractivity contribution in [2.24, 2.45) is 11.8 Å². The van der Waals surface area contributed by atoms with Crippen molar-refractivity contribution < 1.29 is 20.1 Å². The Morgan fingerprint density at radius 1 is 0.920 bits per heavy atom. The first-order valence-electron chi connectivity index (χ1n) is 8.47. The van der Waals surface area contributed by atoms with Gasteiger partial charge in [-0.3, -0.25) is 4.79 Å². The first-order chi connectivity index (χ1) is 12.2. The maximum Gasteiger partial charge on any atom is 0.253 e. The van der Waals surface area contributed by atoms with Crippen molar-refractivity contribution >= 4 is 5.91 Å². The van der Waals surface area contributed by atoms with Crippen molar-refractivity contribution in [3.63, 3.8) is 0 Å². The molecule has 5 nitrogen and oxygen atoms in total. The summed E-state index contributed by atoms with van der Waals surface area (Å²) >= 11 is 0. The van der Waals surface area contributed by atoms with Gasteiger partial charge >= 0.3 is 0 Å². The summed E-state index contributed by atoms with van der Waals surface area (Å²) in [7, 11) is 0. The molecule has 2 atom stereocenters. The summed E-state index contributed by atoms with van der Waals surface area (Å²) in [5, 5.41) is 28.0. The number of nitrogens with zero attached hydrogens (tertiary/aromatic N) is 1. The number of hydrogen-bond acceptors (Lipinski definition) is 4. The smallest absolute Gasteiger partial charge is 0.253 e. The lowest BCUT2D eigenvalue weighted by Gasteiger charge is -2.16. The van der Waals surface area contributed by atoms with Crippen LogP contribution in [0.3, 0.4) is 0 Å². The summed E-state index contributed by atoms with van der Waals surface area (Å²) in [5.74, 6) is -0.200. The molecule has 1 amide bonds. The number of likely N-dealkylation sites (tertiary alicyclic amines) is 1. The number of hydrogen-bond donors (Lipinski definition) is 3. The molecule has 1 aliphatic rings. The van der Waals surface area contributed by atoms with Crippen molar-refractivity contribution in [1.29, 1.82) is 0 Å². The predicted octanol–water partition coefficient (Wildman–Crippen LogP) is 1.52. The van der Waals surface area contributed by atoms with Crippen molar-refractivity contribution in [3.05, 3.63) is 59.7 Å². The van der Waals surface area contributed by atoms with E-state index in [9.17, 15) is 20.1 Å². The molecule has 1 fully saturated rings. The molecule has 2 aromatic rings. The van der Waals surface area contributed by atoms with E-state index < -0.39 is 0 Å². The topological polar surface area (TPSA) is 81.0 Å². The maximum absolute atomic E-state index is 12.6. The van der Waals surface area contributed by atoms with Crippen LogP contribution in [0.5, 0.6) is 0 Å². The van der Waals surface area contributed by atoms with Gasteiger partial charge < -0.3 is 20.2 Å². The molecule has 132 valence electrons. The number of aliphatic hydroxyl groups is 3. The molecular formula is C20H23NO4. The highest BCUT2D eigenvalue weighted by Gasteiger charge is 2.34. The van der Waals surface area contributed by atoms with Crippen LogP contribution in [0, 0.1) is 11.8 Å². The average molecular weight is 341 g/mol. The zero-order valence-electron chi connectivity index (χ0n) is 14.0. The molecule has 2 aromatic carbocycles. The highest BCUT2D eigenvalue weighted by molar-refractivity contribution is 5.95. The summed E-state index contributed by atoms with van der Waals surface area (Å²) < 4.78 is 0. The van der Waals surface area contributed by atoms with Gasteiger partial charge in [-0.1, -0.05) is 30.3 Å². The van der Waals surface area contributed by atoms with Gasteiger partial charge in [0.15, 0.2) is 0 Å². The standard InChI is InChI=1S/C20H23NO4/c22-11-14-2-1-3-17(8-14)15-4-6-16(7-5-15)20(25)21-9-18(12-23)19(10-21)13-24/h1-8,18-19,22-24H,9-13H2. The summed E-state index contributed by atoms with van der Waals surface area (Å²) in [6, 6.07) is 15.0. The predicted molar refractivity (Wildman–Crippen MR) is 94.9 cm³/mol. The fourth-order valence-electron chi connectivity index (χ4n) is 3.36. The minimum absolute atomic E-state index is 0.00256. The minimum atomic E-state index is -0.0786. The van der Waals surface area contributed by atoms with Gasteiger partial charge in [-0.05, 0) is 34.9 Å². The SMILES string of the molecule is O=C(c1ccc(-c2cccc(CO)c2)cc1)N1CC(CO)C(CO)C1. The second-order valence-corrected chi connectivity index (χ2v) is 6.53. The van der Waals surface area contributed by atoms with Crippen molar-refractivity contribution in [2.75, 3.05) is 26.3 Å². The third-order valence-corrected chi connectivity index (χ3v) is 4.91. The largest absolute Gasteiger partial charge is 0.396 e. The Labute approximate surface area is 147 Å². The molecule has 1 saturated heterocycles. The van der Waals surface area contributed by atoms with Gasteiger partial charge in [0.2, 0.25) is 0 Å². The molecule has 0 saturated carbocycles. The summed E-state index contributed by atoms with van der Waals surface area (Å²) in [4.78, 5) is 14.3. The molecule has 5 heteroatoms. The van der Waals surface area contributed by atoms with Gasteiger partial charge in [0.1, 0.15) is 0 Å². The lowest BCUT2D eigenvalue weighted by molar-refractivity contribution is 0.0778. The molecule has 25 heavy (non-hydrogen) atoms. The average Bonchev–Trinajstić information content (AvgIpc) is 3.11. The van der Waals surface area contributed by atoms with Crippen LogP contribution >= 0.6 is 0 Å². The fraction of sp³-hybridized carbons (Fsp3) is 0.350. The van der Waals surface area contributed by atoms with Crippen LogP contribution in [-0.2, 0) is 6.61 Å². The normalized spacial score (nSPS) is 20.0. The van der Waals surface area contributed by atoms with Crippen molar-refractivity contribution in [1.82, 2.24) is 4.90 Å². The van der Waals surface area contributed by atoms with E-state index in [4.69, 9.17) is 0 Å². The number of carbonyl (C=O) groups excluding carboxylic acids is 1. The van der Waals surface area contributed by atoms with E-state index in [1.165, 1.54) is 0 Å². The Hall–Kier alpha value is -2.21. The lowest BCUT2D eigenvalue weighted by Crippen LogP contribution is -2.29. The lowest BCUT2D eigenvalue weighted by atomic mass is 9.98. The van der Waals surface area contributed by atoms with E-state index in [-0.39, 0.29) is 37.6 Å². The van der Waals surface area contributed by atoms with Crippen molar-refractivity contribution in [2.45, 2.75) is 6.61 Å². The first-order valence-corrected chi connectivity index (χ1v) is 8.47. The molecule has 1 heterocycles. The van der Waals surface area contributed by atoms with Gasteiger partial charge in [0.25, 0.3) is 5.91 Å². The summed E-state index contributed by atoms with van der Waals surface area (Å²) in [6.07, 6.45) is 0. The second kappa shape index (κ2) is 7.78. The molecule has 0 bridgehead atoms. The minimum Gasteiger partial charge on any atom is -0.396 e. The van der Waals surface area contributed by atoms with E-state index in [2.05, 4.69) is 0 Å². The molecule has 0 spiro atoms. The molecule has 0 aliphatic carbocycles. The third-order valence-electron chi connectivity index (χ3n) is 4.91. The van der Waals surface area contributed by atoms with Crippen LogP contribution in [0.2, 0.25) is 0 Å². The van der Waals surface area contributed by atoms with Crippen LogP contribution in [0.4, 0.5) is 0 Å². The fourth-order valence-corrected chi connectivity index (χ4v) is 3.36. The molecule has 1 aliphatic heterocycles. The molecule has 3 rings (SSSR count). The van der Waals surface area contributed by atoms with Gasteiger partial charge in [-0.25, -0.2) is 0 Å². The van der Waals surface area contributed by atoms with Gasteiger partial charge in [-0.15, -0.1) is 0 Å². The summed E-state index contributed by atoms with van der Waals surface area (Å²) in [5.41, 5.74) is 3.42. The Morgan fingerprint density at radius 2 is 1.56 bits per heavy atom. The Morgan fingerprint density at radius 3 is 2.12 bits per heavy atom. The van der Waals surface area contributed by atoms with Gasteiger partial charge in [0.05, 0.1) is 6.61 Å². The number of benzene rings is 2. The molecule has 3 N–H and O–H groups in total. The number of aliphatic hydroxyl groups excluding tert-OH is 3. The van der Waals surface area contributed by atoms with Crippen LogP contribution < -0.4 is 0 Å². The Kier molecular flexibility index (Phi) is 5.48. The number of amides is 1. The molecular weight excluding hydrogens is 318 g/mol. The van der Waals surface area contributed by atoms with E-state index in [1.807, 2.05) is 36.4 Å². The Bertz CT molecular complexity index is 717. The van der Waals surface area contributed by atoms with Crippen LogP contribution in [0.1, 0.15) is 15.9 Å². The van der Waals surface area contributed by atoms with Crippen LogP contribution in [-0.4, -0.2) is 52.4 Å². The van der Waals surface area contributed by atoms with Gasteiger partial charge in [-0.2, -0.15) is 0 Å². The monoisotopic (exact) mass is 341 g/mol. The highest BCUT2D eigenvalue weighted by Crippen LogP contribution is 2.26. The first kappa shape index (κ1) is 17.6. The maximum atomic E-state index is 12.6. The van der Waals surface area contributed by atoms with Crippen molar-refractivity contribution in [3.8, 4) is 11.1 Å². The zero-order chi connectivity index (χ0) is 17.8. The second-order valence-electron chi connectivity index (χ2n) is 6.53. The quantitative estimate of drug-likeness (QED) is 0.770. The number of carbonyl (C=O) groups is 1.